The molecule has 5 rings (SSSR count). The van der Waals surface area contributed by atoms with Crippen molar-refractivity contribution in [2.75, 3.05) is 18.1 Å². The van der Waals surface area contributed by atoms with Crippen LogP contribution in [0, 0.1) is 10.1 Å². The van der Waals surface area contributed by atoms with Gasteiger partial charge >= 0.3 is 0 Å². The van der Waals surface area contributed by atoms with Gasteiger partial charge < -0.3 is 15.0 Å². The first kappa shape index (κ1) is 28.8. The summed E-state index contributed by atoms with van der Waals surface area (Å²) in [5, 5.41) is 17.3. The molecule has 0 saturated heterocycles. The van der Waals surface area contributed by atoms with Crippen molar-refractivity contribution >= 4 is 39.7 Å². The Morgan fingerprint density at radius 3 is 2.43 bits per heavy atom. The number of carbonyl (C=O) groups is 1. The summed E-state index contributed by atoms with van der Waals surface area (Å²) in [7, 11) is 0. The monoisotopic (exact) mass is 598 g/mol. The molecule has 0 aliphatic heterocycles. The van der Waals surface area contributed by atoms with Crippen LogP contribution in [0.25, 0.3) is 11.3 Å². The minimum Gasteiger partial charge on any atom is -0.492 e. The highest BCUT2D eigenvalue weighted by Gasteiger charge is 2.15. The number of nitrogens with zero attached hydrogens (tertiary/aromatic N) is 3. The Hall–Kier alpha value is -4.73. The van der Waals surface area contributed by atoms with E-state index in [-0.39, 0.29) is 11.6 Å². The molecule has 0 unspecified atom stereocenters. The summed E-state index contributed by atoms with van der Waals surface area (Å²) < 4.78 is 5.95. The fourth-order valence-electron chi connectivity index (χ4n) is 4.24. The molecule has 1 aromatic heterocycles. The molecule has 8 nitrogen and oxygen atoms in total. The van der Waals surface area contributed by atoms with Crippen LogP contribution >= 0.6 is 22.9 Å². The van der Waals surface area contributed by atoms with Crippen LogP contribution in [0.3, 0.4) is 0 Å². The molecule has 0 aliphatic rings. The van der Waals surface area contributed by atoms with Crippen LogP contribution in [-0.4, -0.2) is 29.0 Å². The summed E-state index contributed by atoms with van der Waals surface area (Å²) in [6, 6.07) is 30.9. The lowest BCUT2D eigenvalue weighted by molar-refractivity contribution is -0.384. The van der Waals surface area contributed by atoms with Crippen molar-refractivity contribution < 1.29 is 14.5 Å². The number of nitro groups is 1. The zero-order valence-corrected chi connectivity index (χ0v) is 24.1. The second-order valence-electron chi connectivity index (χ2n) is 9.41. The molecule has 4 aromatic carbocycles. The third kappa shape index (κ3) is 7.72. The standard InChI is InChI=1S/C32H27ClN4O4S/c33-27-6-4-5-24(19-27)20-34-31(38)26-11-9-23(10-12-26)21-36(17-18-41-29-7-2-1-3-8-29)32-35-30(22-42-32)25-13-15-28(16-14-25)37(39)40/h1-16,19,22H,17-18,20-21H2,(H,34,38). The van der Waals surface area contributed by atoms with Crippen LogP contribution in [0.5, 0.6) is 5.75 Å². The van der Waals surface area contributed by atoms with Gasteiger partial charge in [0.2, 0.25) is 0 Å². The molecule has 212 valence electrons. The number of nitrogens with one attached hydrogen (secondary N) is 1. The van der Waals surface area contributed by atoms with Gasteiger partial charge in [-0.1, -0.05) is 54.1 Å². The molecule has 0 aliphatic carbocycles. The summed E-state index contributed by atoms with van der Waals surface area (Å²) in [5.74, 6) is 0.624. The molecule has 10 heteroatoms. The van der Waals surface area contributed by atoms with Crippen molar-refractivity contribution in [3.8, 4) is 17.0 Å². The third-order valence-corrected chi connectivity index (χ3v) is 7.58. The SMILES string of the molecule is O=C(NCc1cccc(Cl)c1)c1ccc(CN(CCOc2ccccc2)c2nc(-c3ccc([N+](=O)[O-])cc3)cs2)cc1. The summed E-state index contributed by atoms with van der Waals surface area (Å²) in [5.41, 5.74) is 4.08. The number of nitro benzene ring substituents is 1. The van der Waals surface area contributed by atoms with Gasteiger partial charge in [-0.25, -0.2) is 4.98 Å². The van der Waals surface area contributed by atoms with E-state index in [1.165, 1.54) is 23.5 Å². The van der Waals surface area contributed by atoms with E-state index in [0.29, 0.717) is 36.8 Å². The van der Waals surface area contributed by atoms with Crippen molar-refractivity contribution in [1.29, 1.82) is 0 Å². The van der Waals surface area contributed by atoms with Gasteiger partial charge in [0, 0.05) is 46.8 Å². The minimum atomic E-state index is -0.418. The van der Waals surface area contributed by atoms with Gasteiger partial charge in [-0.2, -0.15) is 0 Å². The van der Waals surface area contributed by atoms with E-state index in [1.54, 1.807) is 18.2 Å². The van der Waals surface area contributed by atoms with Crippen LogP contribution in [0.1, 0.15) is 21.5 Å². The van der Waals surface area contributed by atoms with Crippen molar-refractivity contribution in [3.63, 3.8) is 0 Å². The Labute approximate surface area is 252 Å². The Morgan fingerprint density at radius 1 is 0.952 bits per heavy atom. The van der Waals surface area contributed by atoms with Gasteiger partial charge in [-0.05, 0) is 59.7 Å². The first-order valence-corrected chi connectivity index (χ1v) is 14.4. The topological polar surface area (TPSA) is 97.6 Å². The van der Waals surface area contributed by atoms with E-state index in [0.717, 1.165) is 33.3 Å². The van der Waals surface area contributed by atoms with E-state index in [4.69, 9.17) is 21.3 Å². The molecular formula is C32H27ClN4O4S. The number of ether oxygens (including phenoxy) is 1. The number of benzene rings is 4. The van der Waals surface area contributed by atoms with Crippen LogP contribution in [0.4, 0.5) is 10.8 Å². The number of rotatable bonds is 12. The maximum Gasteiger partial charge on any atom is 0.269 e. The van der Waals surface area contributed by atoms with Crippen LogP contribution in [-0.2, 0) is 13.1 Å². The predicted octanol–water partition coefficient (Wildman–Crippen LogP) is 7.39. The zero-order valence-electron chi connectivity index (χ0n) is 22.5. The summed E-state index contributed by atoms with van der Waals surface area (Å²) >= 11 is 7.53. The number of amides is 1. The van der Waals surface area contributed by atoms with E-state index >= 15 is 0 Å². The quantitative estimate of drug-likeness (QED) is 0.119. The molecule has 5 aromatic rings. The zero-order chi connectivity index (χ0) is 29.3. The number of aromatic nitrogens is 1. The van der Waals surface area contributed by atoms with Crippen LogP contribution in [0.2, 0.25) is 5.02 Å². The van der Waals surface area contributed by atoms with E-state index in [2.05, 4.69) is 10.2 Å². The summed E-state index contributed by atoms with van der Waals surface area (Å²) in [6.07, 6.45) is 0. The fraction of sp³-hybridized carbons (Fsp3) is 0.125. The molecule has 0 saturated carbocycles. The number of anilines is 1. The van der Waals surface area contributed by atoms with Crippen molar-refractivity contribution in [2.24, 2.45) is 0 Å². The lowest BCUT2D eigenvalue weighted by atomic mass is 10.1. The first-order chi connectivity index (χ1) is 20.4. The molecule has 1 amide bonds. The Kier molecular flexibility index (Phi) is 9.43. The summed E-state index contributed by atoms with van der Waals surface area (Å²) in [4.78, 5) is 30.3. The molecule has 0 bridgehead atoms. The Morgan fingerprint density at radius 2 is 1.71 bits per heavy atom. The average molecular weight is 599 g/mol. The van der Waals surface area contributed by atoms with Gasteiger partial charge in [-0.3, -0.25) is 14.9 Å². The lowest BCUT2D eigenvalue weighted by Crippen LogP contribution is -2.28. The second-order valence-corrected chi connectivity index (χ2v) is 10.7. The second kappa shape index (κ2) is 13.8. The molecule has 0 atom stereocenters. The highest BCUT2D eigenvalue weighted by atomic mass is 35.5. The van der Waals surface area contributed by atoms with Gasteiger partial charge in [0.15, 0.2) is 5.13 Å². The summed E-state index contributed by atoms with van der Waals surface area (Å²) in [6.45, 7) is 1.96. The highest BCUT2D eigenvalue weighted by molar-refractivity contribution is 7.14. The van der Waals surface area contributed by atoms with Crippen molar-refractivity contribution in [2.45, 2.75) is 13.1 Å². The number of hydrogen-bond acceptors (Lipinski definition) is 7. The largest absolute Gasteiger partial charge is 0.492 e. The lowest BCUT2D eigenvalue weighted by Gasteiger charge is -2.22. The van der Waals surface area contributed by atoms with Gasteiger partial charge in [0.1, 0.15) is 12.4 Å². The maximum absolute atomic E-state index is 12.7. The number of carbonyl (C=O) groups excluding carboxylic acids is 1. The normalized spacial score (nSPS) is 10.7. The van der Waals surface area contributed by atoms with E-state index < -0.39 is 4.92 Å². The Balaban J connectivity index is 1.27. The molecule has 0 spiro atoms. The molecule has 1 N–H and O–H groups in total. The van der Waals surface area contributed by atoms with Crippen molar-refractivity contribution in [3.05, 3.63) is 140 Å². The van der Waals surface area contributed by atoms with E-state index in [1.807, 2.05) is 78.2 Å². The van der Waals surface area contributed by atoms with E-state index in [9.17, 15) is 14.9 Å². The Bertz CT molecular complexity index is 1640. The third-order valence-electron chi connectivity index (χ3n) is 6.44. The molecule has 0 fully saturated rings. The molecule has 0 radical (unpaired) electrons. The first-order valence-electron chi connectivity index (χ1n) is 13.2. The number of para-hydroxylation sites is 1. The average Bonchev–Trinajstić information content (AvgIpc) is 3.51. The fourth-order valence-corrected chi connectivity index (χ4v) is 5.32. The van der Waals surface area contributed by atoms with Gasteiger partial charge in [0.05, 0.1) is 17.2 Å². The molecule has 42 heavy (non-hydrogen) atoms. The molecule has 1 heterocycles. The van der Waals surface area contributed by atoms with Gasteiger partial charge in [0.25, 0.3) is 11.6 Å². The smallest absolute Gasteiger partial charge is 0.269 e. The minimum absolute atomic E-state index is 0.0375. The maximum atomic E-state index is 12.7. The highest BCUT2D eigenvalue weighted by Crippen LogP contribution is 2.29. The number of hydrogen-bond donors (Lipinski definition) is 1. The predicted molar refractivity (Wildman–Crippen MR) is 166 cm³/mol. The number of halogens is 1. The number of non-ortho nitro benzene ring substituents is 1. The molecular weight excluding hydrogens is 572 g/mol. The number of thiazole rings is 1. The van der Waals surface area contributed by atoms with Crippen LogP contribution < -0.4 is 15.0 Å². The van der Waals surface area contributed by atoms with Gasteiger partial charge in [-0.15, -0.1) is 11.3 Å². The van der Waals surface area contributed by atoms with Crippen LogP contribution in [0.15, 0.2) is 109 Å². The van der Waals surface area contributed by atoms with Crippen molar-refractivity contribution in [1.82, 2.24) is 10.3 Å².